The Morgan fingerprint density at radius 1 is 1.31 bits per heavy atom. The predicted octanol–water partition coefficient (Wildman–Crippen LogP) is 1.92. The van der Waals surface area contributed by atoms with Gasteiger partial charge in [-0.2, -0.15) is 4.39 Å². The van der Waals surface area contributed by atoms with Gasteiger partial charge in [-0.25, -0.2) is 4.98 Å². The number of piperidine rings is 1. The molecule has 8 heteroatoms. The molecular formula is C21H27FN2O5. The van der Waals surface area contributed by atoms with Gasteiger partial charge in [-0.3, -0.25) is 9.59 Å². The molecular weight excluding hydrogens is 379 g/mol. The van der Waals surface area contributed by atoms with Crippen molar-refractivity contribution in [2.75, 3.05) is 19.7 Å². The fourth-order valence-electron chi connectivity index (χ4n) is 5.07. The van der Waals surface area contributed by atoms with E-state index in [1.807, 2.05) is 13.8 Å². The molecule has 0 bridgehead atoms. The van der Waals surface area contributed by atoms with Gasteiger partial charge in [-0.1, -0.05) is 6.07 Å². The van der Waals surface area contributed by atoms with Gasteiger partial charge in [0.25, 0.3) is 0 Å². The molecule has 3 aliphatic heterocycles. The fourth-order valence-corrected chi connectivity index (χ4v) is 5.07. The van der Waals surface area contributed by atoms with Crippen LogP contribution >= 0.6 is 0 Å². The lowest BCUT2D eigenvalue weighted by molar-refractivity contribution is -0.182. The van der Waals surface area contributed by atoms with Crippen LogP contribution in [0.1, 0.15) is 51.5 Å². The Kier molecular flexibility index (Phi) is 4.90. The quantitative estimate of drug-likeness (QED) is 0.596. The lowest BCUT2D eigenvalue weighted by Gasteiger charge is -2.45. The number of carbonyl (C=O) groups is 2. The lowest BCUT2D eigenvalue weighted by atomic mass is 9.74. The summed E-state index contributed by atoms with van der Waals surface area (Å²) in [5, 5.41) is 10.9. The highest BCUT2D eigenvalue weighted by atomic mass is 19.1. The zero-order valence-corrected chi connectivity index (χ0v) is 16.8. The van der Waals surface area contributed by atoms with Crippen molar-refractivity contribution in [1.29, 1.82) is 0 Å². The molecule has 0 aliphatic carbocycles. The Bertz CT molecular complexity index is 821. The molecule has 1 aromatic rings. The molecule has 4 heterocycles. The van der Waals surface area contributed by atoms with Crippen LogP contribution in [0.4, 0.5) is 4.39 Å². The van der Waals surface area contributed by atoms with Crippen LogP contribution in [0.25, 0.3) is 0 Å². The maximum absolute atomic E-state index is 14.1. The Hall–Kier alpha value is -2.06. The van der Waals surface area contributed by atoms with E-state index in [0.29, 0.717) is 19.4 Å². The maximum Gasteiger partial charge on any atom is 0.307 e. The van der Waals surface area contributed by atoms with Crippen molar-refractivity contribution in [3.05, 3.63) is 29.8 Å². The summed E-state index contributed by atoms with van der Waals surface area (Å²) >= 11 is 0. The van der Waals surface area contributed by atoms with E-state index in [-0.39, 0.29) is 49.8 Å². The second-order valence-electron chi connectivity index (χ2n) is 9.03. The predicted molar refractivity (Wildman–Crippen MR) is 100 cm³/mol. The standard InChI is InChI=1S/C21H27FN2O5/c1-19(2)13-21(7-11-28-19)15(12-16(25)29-21)18(26)24-9-5-20(27,6-10-24)14-4-3-8-23-17(14)22/h3-4,8,15,27H,5-7,9-13H2,1-2H3/t15-,21+/m0/s1. The molecule has 1 amide bonds. The third kappa shape index (κ3) is 3.64. The Balaban J connectivity index is 1.49. The number of pyridine rings is 1. The van der Waals surface area contributed by atoms with Crippen molar-refractivity contribution in [2.24, 2.45) is 5.92 Å². The number of likely N-dealkylation sites (tertiary alicyclic amines) is 1. The zero-order chi connectivity index (χ0) is 20.9. The van der Waals surface area contributed by atoms with Gasteiger partial charge in [0.2, 0.25) is 11.9 Å². The second kappa shape index (κ2) is 7.02. The smallest absolute Gasteiger partial charge is 0.307 e. The summed E-state index contributed by atoms with van der Waals surface area (Å²) in [6.07, 6.45) is 2.80. The third-order valence-corrected chi connectivity index (χ3v) is 6.53. The van der Waals surface area contributed by atoms with E-state index in [1.54, 1.807) is 11.0 Å². The monoisotopic (exact) mass is 406 g/mol. The van der Waals surface area contributed by atoms with Gasteiger partial charge in [0, 0.05) is 37.7 Å². The molecule has 0 saturated carbocycles. The molecule has 1 N–H and O–H groups in total. The van der Waals surface area contributed by atoms with Gasteiger partial charge in [0.15, 0.2) is 0 Å². The molecule has 3 fully saturated rings. The number of halogens is 1. The first-order valence-electron chi connectivity index (χ1n) is 10.1. The Morgan fingerprint density at radius 2 is 2.03 bits per heavy atom. The number of carbonyl (C=O) groups excluding carboxylic acids is 2. The van der Waals surface area contributed by atoms with Crippen LogP contribution in [0.2, 0.25) is 0 Å². The van der Waals surface area contributed by atoms with Crippen LogP contribution in [0, 0.1) is 11.9 Å². The minimum Gasteiger partial charge on any atom is -0.458 e. The number of rotatable bonds is 2. The highest BCUT2D eigenvalue weighted by Crippen LogP contribution is 2.47. The average molecular weight is 406 g/mol. The van der Waals surface area contributed by atoms with Crippen molar-refractivity contribution in [3.8, 4) is 0 Å². The molecule has 7 nitrogen and oxygen atoms in total. The van der Waals surface area contributed by atoms with Gasteiger partial charge in [-0.05, 0) is 32.8 Å². The Labute approximate surface area is 169 Å². The summed E-state index contributed by atoms with van der Waals surface area (Å²) in [4.78, 5) is 30.7. The summed E-state index contributed by atoms with van der Waals surface area (Å²) in [5.41, 5.74) is -2.50. The summed E-state index contributed by atoms with van der Waals surface area (Å²) in [6, 6.07) is 3.12. The summed E-state index contributed by atoms with van der Waals surface area (Å²) in [7, 11) is 0. The van der Waals surface area contributed by atoms with Crippen molar-refractivity contribution in [2.45, 2.75) is 62.8 Å². The normalized spacial score (nSPS) is 31.0. The number of nitrogens with zero attached hydrogens (tertiary/aromatic N) is 2. The van der Waals surface area contributed by atoms with E-state index >= 15 is 0 Å². The maximum atomic E-state index is 14.1. The van der Waals surface area contributed by atoms with Gasteiger partial charge in [0.1, 0.15) is 5.60 Å². The summed E-state index contributed by atoms with van der Waals surface area (Å²) in [5.74, 6) is -1.73. The molecule has 0 unspecified atom stereocenters. The second-order valence-corrected chi connectivity index (χ2v) is 9.03. The van der Waals surface area contributed by atoms with Crippen molar-refractivity contribution in [3.63, 3.8) is 0 Å². The van der Waals surface area contributed by atoms with Gasteiger partial charge in [0.05, 0.1) is 30.1 Å². The number of esters is 1. The number of aliphatic hydroxyl groups is 1. The topological polar surface area (TPSA) is 89.0 Å². The third-order valence-electron chi connectivity index (χ3n) is 6.53. The molecule has 1 aromatic heterocycles. The lowest BCUT2D eigenvalue weighted by Crippen LogP contribution is -2.55. The van der Waals surface area contributed by atoms with Gasteiger partial charge in [-0.15, -0.1) is 0 Å². The zero-order valence-electron chi connectivity index (χ0n) is 16.8. The molecule has 0 radical (unpaired) electrons. The average Bonchev–Trinajstić information content (AvgIpc) is 2.96. The van der Waals surface area contributed by atoms with Crippen LogP contribution < -0.4 is 0 Å². The minimum absolute atomic E-state index is 0.0624. The van der Waals surface area contributed by atoms with Crippen LogP contribution in [-0.4, -0.2) is 57.8 Å². The van der Waals surface area contributed by atoms with E-state index < -0.39 is 28.7 Å². The van der Waals surface area contributed by atoms with Gasteiger partial charge < -0.3 is 19.5 Å². The first-order chi connectivity index (χ1) is 13.6. The molecule has 158 valence electrons. The van der Waals surface area contributed by atoms with Crippen LogP contribution in [0.15, 0.2) is 18.3 Å². The highest BCUT2D eigenvalue weighted by molar-refractivity contribution is 5.88. The van der Waals surface area contributed by atoms with Crippen LogP contribution in [0.5, 0.6) is 0 Å². The van der Waals surface area contributed by atoms with E-state index in [9.17, 15) is 19.1 Å². The molecule has 1 spiro atoms. The molecule has 29 heavy (non-hydrogen) atoms. The number of hydrogen-bond donors (Lipinski definition) is 1. The summed E-state index contributed by atoms with van der Waals surface area (Å²) in [6.45, 7) is 4.87. The highest BCUT2D eigenvalue weighted by Gasteiger charge is 2.57. The van der Waals surface area contributed by atoms with E-state index in [2.05, 4.69) is 4.98 Å². The van der Waals surface area contributed by atoms with E-state index in [4.69, 9.17) is 9.47 Å². The van der Waals surface area contributed by atoms with Crippen molar-refractivity contribution in [1.82, 2.24) is 9.88 Å². The first kappa shape index (κ1) is 20.2. The number of amides is 1. The van der Waals surface area contributed by atoms with E-state index in [1.165, 1.54) is 12.3 Å². The number of aromatic nitrogens is 1. The molecule has 3 saturated heterocycles. The van der Waals surface area contributed by atoms with Crippen LogP contribution in [0.3, 0.4) is 0 Å². The first-order valence-corrected chi connectivity index (χ1v) is 10.1. The van der Waals surface area contributed by atoms with Crippen LogP contribution in [-0.2, 0) is 24.7 Å². The number of hydrogen-bond acceptors (Lipinski definition) is 6. The molecule has 3 aliphatic rings. The molecule has 2 atom stereocenters. The molecule has 0 aromatic carbocycles. The van der Waals surface area contributed by atoms with E-state index in [0.717, 1.165) is 0 Å². The minimum atomic E-state index is -1.35. The van der Waals surface area contributed by atoms with Crippen molar-refractivity contribution >= 4 is 11.9 Å². The fraction of sp³-hybridized carbons (Fsp3) is 0.667. The van der Waals surface area contributed by atoms with Crippen molar-refractivity contribution < 1.29 is 28.6 Å². The Morgan fingerprint density at radius 3 is 2.69 bits per heavy atom. The largest absolute Gasteiger partial charge is 0.458 e. The molecule has 4 rings (SSSR count). The SMILES string of the molecule is CC1(C)C[C@@]2(CCO1)OC(=O)C[C@H]2C(=O)N1CCC(O)(c2cccnc2F)CC1. The summed E-state index contributed by atoms with van der Waals surface area (Å²) < 4.78 is 25.5. The van der Waals surface area contributed by atoms with Gasteiger partial charge >= 0.3 is 5.97 Å². The number of ether oxygens (including phenoxy) is 2.